The topological polar surface area (TPSA) is 46.3 Å². The minimum atomic E-state index is 0.109. The van der Waals surface area contributed by atoms with Gasteiger partial charge in [-0.15, -0.1) is 0 Å². The van der Waals surface area contributed by atoms with E-state index in [1.807, 2.05) is 30.0 Å². The number of carbonyl (C=O) groups excluding carboxylic acids is 1. The second-order valence-corrected chi connectivity index (χ2v) is 6.94. The first-order valence-electron chi connectivity index (χ1n) is 8.25. The number of likely N-dealkylation sites (tertiary alicyclic amines) is 1. The molecule has 21 heavy (non-hydrogen) atoms. The Balaban J connectivity index is 1.67. The zero-order valence-electron chi connectivity index (χ0n) is 13.0. The monoisotopic (exact) mass is 286 g/mol. The summed E-state index contributed by atoms with van der Waals surface area (Å²) < 4.78 is 0. The smallest absolute Gasteiger partial charge is 0.255 e. The second-order valence-electron chi connectivity index (χ2n) is 6.94. The first-order valence-corrected chi connectivity index (χ1v) is 8.25. The second kappa shape index (κ2) is 5.70. The van der Waals surface area contributed by atoms with Crippen LogP contribution in [-0.4, -0.2) is 23.9 Å². The normalized spacial score (nSPS) is 21.5. The number of hydrogen-bond donors (Lipinski definition) is 1. The molecule has 3 heteroatoms. The van der Waals surface area contributed by atoms with Crippen molar-refractivity contribution < 1.29 is 4.79 Å². The van der Waals surface area contributed by atoms with E-state index in [4.69, 9.17) is 5.73 Å². The summed E-state index contributed by atoms with van der Waals surface area (Å²) in [5, 5.41) is 0. The molecule has 1 aromatic carbocycles. The first-order chi connectivity index (χ1) is 10.1. The number of nitrogen functional groups attached to an aromatic ring is 1. The number of benzene rings is 1. The summed E-state index contributed by atoms with van der Waals surface area (Å²) in [6.07, 6.45) is 9.21. The van der Waals surface area contributed by atoms with Crippen LogP contribution in [0.3, 0.4) is 0 Å². The van der Waals surface area contributed by atoms with Crippen LogP contribution in [0.15, 0.2) is 18.2 Å². The maximum atomic E-state index is 12.6. The number of rotatable bonds is 1. The van der Waals surface area contributed by atoms with Gasteiger partial charge in [0.25, 0.3) is 5.91 Å². The molecule has 3 rings (SSSR count). The Labute approximate surface area is 127 Å². The molecule has 1 aliphatic heterocycles. The van der Waals surface area contributed by atoms with Crippen LogP contribution in [0.25, 0.3) is 0 Å². The SMILES string of the molecule is Cc1ccc(C(=O)N2CCC3(CCCCC3)CC2)c(N)c1. The van der Waals surface area contributed by atoms with Gasteiger partial charge < -0.3 is 10.6 Å². The van der Waals surface area contributed by atoms with Gasteiger partial charge in [0.2, 0.25) is 0 Å². The lowest BCUT2D eigenvalue weighted by molar-refractivity contribution is 0.0473. The predicted molar refractivity (Wildman–Crippen MR) is 86.2 cm³/mol. The van der Waals surface area contributed by atoms with E-state index in [9.17, 15) is 4.79 Å². The largest absolute Gasteiger partial charge is 0.398 e. The molecule has 3 nitrogen and oxygen atoms in total. The fourth-order valence-electron chi connectivity index (χ4n) is 4.03. The van der Waals surface area contributed by atoms with Gasteiger partial charge in [0.15, 0.2) is 0 Å². The van der Waals surface area contributed by atoms with Crippen molar-refractivity contribution >= 4 is 11.6 Å². The number of piperidine rings is 1. The fourth-order valence-corrected chi connectivity index (χ4v) is 4.03. The van der Waals surface area contributed by atoms with Gasteiger partial charge in [0.05, 0.1) is 5.56 Å². The Kier molecular flexibility index (Phi) is 3.92. The Hall–Kier alpha value is -1.51. The third-order valence-electron chi connectivity index (χ3n) is 5.46. The first kappa shape index (κ1) is 14.4. The molecule has 0 atom stereocenters. The summed E-state index contributed by atoms with van der Waals surface area (Å²) in [7, 11) is 0. The van der Waals surface area contributed by atoms with Crippen LogP contribution in [0.2, 0.25) is 0 Å². The molecular formula is C18H26N2O. The molecule has 0 unspecified atom stereocenters. The van der Waals surface area contributed by atoms with Gasteiger partial charge in [-0.1, -0.05) is 25.3 Å². The predicted octanol–water partition coefficient (Wildman–Crippen LogP) is 3.76. The molecule has 1 amide bonds. The van der Waals surface area contributed by atoms with E-state index in [-0.39, 0.29) is 5.91 Å². The van der Waals surface area contributed by atoms with Gasteiger partial charge in [-0.05, 0) is 55.7 Å². The number of nitrogens with two attached hydrogens (primary N) is 1. The zero-order valence-corrected chi connectivity index (χ0v) is 13.0. The van der Waals surface area contributed by atoms with E-state index in [2.05, 4.69) is 0 Å². The molecule has 1 saturated heterocycles. The van der Waals surface area contributed by atoms with E-state index in [1.54, 1.807) is 0 Å². The molecule has 0 bridgehead atoms. The average Bonchev–Trinajstić information content (AvgIpc) is 2.48. The molecule has 1 spiro atoms. The summed E-state index contributed by atoms with van der Waals surface area (Å²) in [5.74, 6) is 0.109. The van der Waals surface area contributed by atoms with Crippen molar-refractivity contribution in [3.05, 3.63) is 29.3 Å². The van der Waals surface area contributed by atoms with Gasteiger partial charge in [-0.2, -0.15) is 0 Å². The van der Waals surface area contributed by atoms with E-state index in [0.717, 1.165) is 18.7 Å². The van der Waals surface area contributed by atoms with Crippen LogP contribution in [-0.2, 0) is 0 Å². The van der Waals surface area contributed by atoms with Crippen LogP contribution >= 0.6 is 0 Å². The number of aryl methyl sites for hydroxylation is 1. The molecule has 2 aliphatic rings. The van der Waals surface area contributed by atoms with Crippen molar-refractivity contribution in [2.24, 2.45) is 5.41 Å². The summed E-state index contributed by atoms with van der Waals surface area (Å²) in [4.78, 5) is 14.6. The Morgan fingerprint density at radius 2 is 1.76 bits per heavy atom. The molecule has 2 N–H and O–H groups in total. The average molecular weight is 286 g/mol. The van der Waals surface area contributed by atoms with Crippen LogP contribution in [0.1, 0.15) is 60.9 Å². The standard InChI is InChI=1S/C18H26N2O/c1-14-5-6-15(16(19)13-14)17(21)20-11-9-18(10-12-20)7-3-2-4-8-18/h5-6,13H,2-4,7-12,19H2,1H3. The summed E-state index contributed by atoms with van der Waals surface area (Å²) >= 11 is 0. The molecule has 114 valence electrons. The highest BCUT2D eigenvalue weighted by Gasteiger charge is 2.36. The quantitative estimate of drug-likeness (QED) is 0.799. The van der Waals surface area contributed by atoms with E-state index >= 15 is 0 Å². The maximum absolute atomic E-state index is 12.6. The van der Waals surface area contributed by atoms with Crippen LogP contribution in [0.4, 0.5) is 5.69 Å². The summed E-state index contributed by atoms with van der Waals surface area (Å²) in [6, 6.07) is 5.73. The van der Waals surface area contributed by atoms with Crippen LogP contribution in [0.5, 0.6) is 0 Å². The lowest BCUT2D eigenvalue weighted by Crippen LogP contribution is -2.44. The fraction of sp³-hybridized carbons (Fsp3) is 0.611. The number of amides is 1. The number of carbonyl (C=O) groups is 1. The molecule has 1 saturated carbocycles. The number of hydrogen-bond acceptors (Lipinski definition) is 2. The minimum Gasteiger partial charge on any atom is -0.398 e. The highest BCUT2D eigenvalue weighted by molar-refractivity contribution is 5.99. The van der Waals surface area contributed by atoms with E-state index in [0.29, 0.717) is 16.7 Å². The molecule has 0 radical (unpaired) electrons. The molecule has 1 aromatic rings. The molecule has 0 aromatic heterocycles. The lowest BCUT2D eigenvalue weighted by atomic mass is 9.68. The van der Waals surface area contributed by atoms with Gasteiger partial charge >= 0.3 is 0 Å². The third kappa shape index (κ3) is 2.92. The molecule has 1 aliphatic carbocycles. The number of anilines is 1. The number of nitrogens with zero attached hydrogens (tertiary/aromatic N) is 1. The Morgan fingerprint density at radius 3 is 2.38 bits per heavy atom. The lowest BCUT2D eigenvalue weighted by Gasteiger charge is -2.44. The van der Waals surface area contributed by atoms with Crippen LogP contribution < -0.4 is 5.73 Å². The van der Waals surface area contributed by atoms with Crippen molar-refractivity contribution in [2.75, 3.05) is 18.8 Å². The van der Waals surface area contributed by atoms with Crippen molar-refractivity contribution in [3.63, 3.8) is 0 Å². The molecular weight excluding hydrogens is 260 g/mol. The van der Waals surface area contributed by atoms with E-state index < -0.39 is 0 Å². The van der Waals surface area contributed by atoms with Gasteiger partial charge in [-0.25, -0.2) is 0 Å². The Bertz CT molecular complexity index is 522. The van der Waals surface area contributed by atoms with Crippen LogP contribution in [0, 0.1) is 12.3 Å². The third-order valence-corrected chi connectivity index (χ3v) is 5.46. The highest BCUT2D eigenvalue weighted by Crippen LogP contribution is 2.44. The van der Waals surface area contributed by atoms with Crippen molar-refractivity contribution in [1.82, 2.24) is 4.90 Å². The zero-order chi connectivity index (χ0) is 14.9. The highest BCUT2D eigenvalue weighted by atomic mass is 16.2. The molecule has 2 fully saturated rings. The van der Waals surface area contributed by atoms with Gasteiger partial charge in [0.1, 0.15) is 0 Å². The summed E-state index contributed by atoms with van der Waals surface area (Å²) in [5.41, 5.74) is 8.93. The van der Waals surface area contributed by atoms with Crippen molar-refractivity contribution in [1.29, 1.82) is 0 Å². The minimum absolute atomic E-state index is 0.109. The van der Waals surface area contributed by atoms with Gasteiger partial charge in [-0.3, -0.25) is 4.79 Å². The molecule has 1 heterocycles. The van der Waals surface area contributed by atoms with Crippen molar-refractivity contribution in [2.45, 2.75) is 51.9 Å². The van der Waals surface area contributed by atoms with Gasteiger partial charge in [0, 0.05) is 18.8 Å². The summed E-state index contributed by atoms with van der Waals surface area (Å²) in [6.45, 7) is 3.79. The van der Waals surface area contributed by atoms with E-state index in [1.165, 1.54) is 44.9 Å². The Morgan fingerprint density at radius 1 is 1.10 bits per heavy atom. The van der Waals surface area contributed by atoms with Crippen molar-refractivity contribution in [3.8, 4) is 0 Å². The maximum Gasteiger partial charge on any atom is 0.255 e.